The number of likely N-dealkylation sites (N-methyl/N-ethyl adjacent to an activating group) is 1. The SMILES string of the molecule is CC#CCN1C(N2CCCC(N)C2)=NC2C1C(=O)N(Cc1ccnc3ccccc13)C(=O)N2C. The smallest absolute Gasteiger partial charge is 0.328 e. The van der Waals surface area contributed by atoms with E-state index in [9.17, 15) is 9.59 Å². The van der Waals surface area contributed by atoms with Gasteiger partial charge in [-0.2, -0.15) is 0 Å². The topological polar surface area (TPSA) is 98.4 Å². The molecule has 3 unspecified atom stereocenters. The molecule has 3 amide bonds. The van der Waals surface area contributed by atoms with Crippen molar-refractivity contribution in [1.82, 2.24) is 24.6 Å². The molecule has 3 aliphatic heterocycles. The second kappa shape index (κ2) is 8.95. The van der Waals surface area contributed by atoms with E-state index >= 15 is 0 Å². The number of piperidine rings is 1. The summed E-state index contributed by atoms with van der Waals surface area (Å²) in [5.74, 6) is 6.47. The first-order valence-corrected chi connectivity index (χ1v) is 11.6. The van der Waals surface area contributed by atoms with E-state index in [2.05, 4.69) is 21.7 Å². The van der Waals surface area contributed by atoms with Crippen LogP contribution in [0.5, 0.6) is 0 Å². The van der Waals surface area contributed by atoms with Crippen molar-refractivity contribution in [3.8, 4) is 11.8 Å². The second-order valence-corrected chi connectivity index (χ2v) is 9.00. The molecule has 9 heteroatoms. The average molecular weight is 460 g/mol. The van der Waals surface area contributed by atoms with Crippen molar-refractivity contribution in [2.45, 2.75) is 44.6 Å². The Kier molecular flexibility index (Phi) is 5.84. The number of guanidine groups is 1. The molecule has 0 radical (unpaired) electrons. The molecule has 2 fully saturated rings. The van der Waals surface area contributed by atoms with Gasteiger partial charge in [-0.1, -0.05) is 24.1 Å². The number of aromatic nitrogens is 1. The lowest BCUT2D eigenvalue weighted by atomic mass is 10.1. The van der Waals surface area contributed by atoms with Gasteiger partial charge in [-0.25, -0.2) is 9.79 Å². The third kappa shape index (κ3) is 3.74. The van der Waals surface area contributed by atoms with Crippen LogP contribution in [0, 0.1) is 11.8 Å². The lowest BCUT2D eigenvalue weighted by Gasteiger charge is -2.42. The first-order chi connectivity index (χ1) is 16.5. The molecular weight excluding hydrogens is 430 g/mol. The predicted octanol–water partition coefficient (Wildman–Crippen LogP) is 1.44. The zero-order valence-corrected chi connectivity index (χ0v) is 19.5. The fourth-order valence-corrected chi connectivity index (χ4v) is 5.06. The summed E-state index contributed by atoms with van der Waals surface area (Å²) in [5.41, 5.74) is 7.93. The lowest BCUT2D eigenvalue weighted by molar-refractivity contribution is -0.137. The largest absolute Gasteiger partial charge is 0.341 e. The van der Waals surface area contributed by atoms with Gasteiger partial charge < -0.3 is 20.4 Å². The first kappa shape index (κ1) is 22.2. The molecule has 2 N–H and O–H groups in total. The van der Waals surface area contributed by atoms with Crippen LogP contribution in [-0.2, 0) is 11.3 Å². The number of likely N-dealkylation sites (tertiary alicyclic amines) is 1. The van der Waals surface area contributed by atoms with Crippen molar-refractivity contribution in [3.63, 3.8) is 0 Å². The van der Waals surface area contributed by atoms with Gasteiger partial charge in [0.05, 0.1) is 18.6 Å². The molecule has 34 heavy (non-hydrogen) atoms. The van der Waals surface area contributed by atoms with Crippen molar-refractivity contribution in [2.24, 2.45) is 10.7 Å². The Labute approximate surface area is 199 Å². The number of amides is 3. The second-order valence-electron chi connectivity index (χ2n) is 9.00. The maximum absolute atomic E-state index is 13.8. The number of benzene rings is 1. The van der Waals surface area contributed by atoms with E-state index in [1.165, 1.54) is 4.90 Å². The molecule has 9 nitrogen and oxygen atoms in total. The highest BCUT2D eigenvalue weighted by Crippen LogP contribution is 2.31. The van der Waals surface area contributed by atoms with E-state index in [-0.39, 0.29) is 24.5 Å². The molecule has 0 spiro atoms. The molecule has 3 atom stereocenters. The van der Waals surface area contributed by atoms with E-state index in [1.807, 2.05) is 35.2 Å². The van der Waals surface area contributed by atoms with E-state index in [0.717, 1.165) is 35.9 Å². The fraction of sp³-hybridized carbons (Fsp3) is 0.440. The van der Waals surface area contributed by atoms with Crippen LogP contribution in [0.3, 0.4) is 0 Å². The Hall–Kier alpha value is -3.64. The Bertz CT molecular complexity index is 1210. The lowest BCUT2D eigenvalue weighted by Crippen LogP contribution is -2.65. The van der Waals surface area contributed by atoms with E-state index in [0.29, 0.717) is 19.0 Å². The van der Waals surface area contributed by atoms with Gasteiger partial charge in [-0.15, -0.1) is 5.92 Å². The minimum Gasteiger partial charge on any atom is -0.341 e. The number of para-hydroxylation sites is 1. The number of imide groups is 1. The van der Waals surface area contributed by atoms with E-state index in [1.54, 1.807) is 25.1 Å². The minimum absolute atomic E-state index is 0.0599. The predicted molar refractivity (Wildman–Crippen MR) is 129 cm³/mol. The normalized spacial score (nSPS) is 24.8. The summed E-state index contributed by atoms with van der Waals surface area (Å²) in [4.78, 5) is 43.4. The van der Waals surface area contributed by atoms with E-state index < -0.39 is 12.2 Å². The summed E-state index contributed by atoms with van der Waals surface area (Å²) >= 11 is 0. The van der Waals surface area contributed by atoms with Crippen molar-refractivity contribution in [1.29, 1.82) is 0 Å². The standard InChI is InChI=1S/C25H29N7O2/c1-3-4-14-31-21-22(28-24(31)30-13-7-8-18(26)16-30)29(2)25(34)32(23(21)33)15-17-11-12-27-20-10-6-5-9-19(17)20/h5-6,9-12,18,21-22H,7-8,13-16,26H2,1-2H3. The molecule has 2 saturated heterocycles. The maximum Gasteiger partial charge on any atom is 0.328 e. The average Bonchev–Trinajstić information content (AvgIpc) is 3.24. The third-order valence-corrected chi connectivity index (χ3v) is 6.81. The highest BCUT2D eigenvalue weighted by atomic mass is 16.2. The van der Waals surface area contributed by atoms with Gasteiger partial charge >= 0.3 is 6.03 Å². The molecule has 2 aromatic rings. The number of pyridine rings is 1. The van der Waals surface area contributed by atoms with Gasteiger partial charge in [-0.05, 0) is 37.5 Å². The number of fused-ring (bicyclic) bond motifs is 2. The summed E-state index contributed by atoms with van der Waals surface area (Å²) in [6.07, 6.45) is 3.06. The molecule has 1 aromatic heterocycles. The summed E-state index contributed by atoms with van der Waals surface area (Å²) < 4.78 is 0. The molecule has 0 saturated carbocycles. The van der Waals surface area contributed by atoms with E-state index in [4.69, 9.17) is 10.7 Å². The summed E-state index contributed by atoms with van der Waals surface area (Å²) in [6, 6.07) is 8.69. The quantitative estimate of drug-likeness (QED) is 0.698. The van der Waals surface area contributed by atoms with Crippen LogP contribution in [0.4, 0.5) is 4.79 Å². The number of nitrogens with zero attached hydrogens (tertiary/aromatic N) is 6. The number of rotatable bonds is 3. The highest BCUT2D eigenvalue weighted by molar-refractivity contribution is 6.04. The van der Waals surface area contributed by atoms with Gasteiger partial charge in [-0.3, -0.25) is 14.7 Å². The van der Waals surface area contributed by atoms with Crippen LogP contribution in [0.15, 0.2) is 41.5 Å². The summed E-state index contributed by atoms with van der Waals surface area (Å²) in [6.45, 7) is 3.81. The van der Waals surface area contributed by atoms with Gasteiger partial charge in [0.25, 0.3) is 5.91 Å². The Balaban J connectivity index is 1.48. The van der Waals surface area contributed by atoms with Crippen LogP contribution in [-0.4, -0.2) is 87.4 Å². The minimum atomic E-state index is -0.621. The van der Waals surface area contributed by atoms with Gasteiger partial charge in [0, 0.05) is 37.8 Å². The zero-order chi connectivity index (χ0) is 23.8. The van der Waals surface area contributed by atoms with Crippen LogP contribution in [0.1, 0.15) is 25.3 Å². The van der Waals surface area contributed by atoms with Gasteiger partial charge in [0.15, 0.2) is 18.2 Å². The third-order valence-electron chi connectivity index (χ3n) is 6.81. The Morgan fingerprint density at radius 1 is 1.21 bits per heavy atom. The fourth-order valence-electron chi connectivity index (χ4n) is 5.06. The number of hydrogen-bond donors (Lipinski definition) is 1. The number of carbonyl (C=O) groups excluding carboxylic acids is 2. The van der Waals surface area contributed by atoms with Crippen molar-refractivity contribution < 1.29 is 9.59 Å². The van der Waals surface area contributed by atoms with Gasteiger partial charge in [0.1, 0.15) is 0 Å². The molecule has 5 rings (SSSR count). The molecule has 1 aromatic carbocycles. The Morgan fingerprint density at radius 2 is 2.03 bits per heavy atom. The number of carbonyl (C=O) groups is 2. The number of urea groups is 1. The van der Waals surface area contributed by atoms with Crippen LogP contribution in [0.2, 0.25) is 0 Å². The van der Waals surface area contributed by atoms with Crippen LogP contribution >= 0.6 is 0 Å². The molecule has 0 aliphatic carbocycles. The van der Waals surface area contributed by atoms with Crippen LogP contribution in [0.25, 0.3) is 10.9 Å². The first-order valence-electron chi connectivity index (χ1n) is 11.6. The number of aliphatic imine (C=N–C) groups is 1. The number of nitrogens with two attached hydrogens (primary N) is 1. The molecule has 176 valence electrons. The Morgan fingerprint density at radius 3 is 2.82 bits per heavy atom. The van der Waals surface area contributed by atoms with Crippen molar-refractivity contribution >= 4 is 28.8 Å². The molecule has 0 bridgehead atoms. The van der Waals surface area contributed by atoms with Gasteiger partial charge in [0.2, 0.25) is 0 Å². The summed E-state index contributed by atoms with van der Waals surface area (Å²) in [7, 11) is 1.71. The zero-order valence-electron chi connectivity index (χ0n) is 19.5. The molecule has 3 aliphatic rings. The maximum atomic E-state index is 13.8. The molecule has 4 heterocycles. The number of hydrogen-bond acceptors (Lipinski definition) is 7. The van der Waals surface area contributed by atoms with Crippen molar-refractivity contribution in [2.75, 3.05) is 26.7 Å². The van der Waals surface area contributed by atoms with Crippen LogP contribution < -0.4 is 5.73 Å². The highest BCUT2D eigenvalue weighted by Gasteiger charge is 2.53. The van der Waals surface area contributed by atoms with Crippen molar-refractivity contribution in [3.05, 3.63) is 42.1 Å². The monoisotopic (exact) mass is 459 g/mol. The molecular formula is C25H29N7O2. The summed E-state index contributed by atoms with van der Waals surface area (Å²) in [5, 5.41) is 0.926.